The van der Waals surface area contributed by atoms with Crippen LogP contribution in [0.4, 0.5) is 4.79 Å². The maximum atomic E-state index is 13.1. The van der Waals surface area contributed by atoms with Crippen LogP contribution in [0.1, 0.15) is 35.2 Å². The summed E-state index contributed by atoms with van der Waals surface area (Å²) in [6.45, 7) is 6.16. The number of benzene rings is 1. The Kier molecular flexibility index (Phi) is 4.99. The van der Waals surface area contributed by atoms with Crippen molar-refractivity contribution in [3.8, 4) is 0 Å². The average Bonchev–Trinajstić information content (AvgIpc) is 3.48. The molecule has 2 aromatic rings. The Morgan fingerprint density at radius 1 is 1.13 bits per heavy atom. The Hall–Kier alpha value is -2.44. The van der Waals surface area contributed by atoms with E-state index >= 15 is 0 Å². The Morgan fingerprint density at radius 3 is 2.67 bits per heavy atom. The second-order valence-electron chi connectivity index (χ2n) is 9.19. The third-order valence-electron chi connectivity index (χ3n) is 6.80. The van der Waals surface area contributed by atoms with Crippen LogP contribution in [0.2, 0.25) is 0 Å². The number of aryl methyl sites for hydroxylation is 1. The van der Waals surface area contributed by atoms with Crippen molar-refractivity contribution in [1.29, 1.82) is 0 Å². The molecule has 1 unspecified atom stereocenters. The average molecular weight is 407 g/mol. The molecule has 1 aromatic heterocycles. The van der Waals surface area contributed by atoms with Gasteiger partial charge in [-0.05, 0) is 48.9 Å². The minimum absolute atomic E-state index is 0.0520. The van der Waals surface area contributed by atoms with Gasteiger partial charge in [0.1, 0.15) is 0 Å². The molecule has 1 saturated heterocycles. The third kappa shape index (κ3) is 3.82. The lowest BCUT2D eigenvalue weighted by atomic mass is 10.00. The molecule has 2 amide bonds. The van der Waals surface area contributed by atoms with E-state index in [1.165, 1.54) is 11.1 Å². The van der Waals surface area contributed by atoms with Gasteiger partial charge in [0.25, 0.3) is 0 Å². The molecule has 3 heterocycles. The fourth-order valence-electron chi connectivity index (χ4n) is 4.94. The van der Waals surface area contributed by atoms with Crippen molar-refractivity contribution < 1.29 is 9.90 Å². The second-order valence-corrected chi connectivity index (χ2v) is 9.19. The molecule has 1 aliphatic carbocycles. The van der Waals surface area contributed by atoms with Gasteiger partial charge in [-0.15, -0.1) is 0 Å². The summed E-state index contributed by atoms with van der Waals surface area (Å²) < 4.78 is 0. The van der Waals surface area contributed by atoms with Crippen molar-refractivity contribution in [2.75, 3.05) is 26.2 Å². The van der Waals surface area contributed by atoms with E-state index in [-0.39, 0.29) is 11.6 Å². The number of carbonyl (C=O) groups is 1. The highest BCUT2D eigenvalue weighted by molar-refractivity contribution is 5.79. The number of amides is 2. The fraction of sp³-hybridized carbons (Fsp3) is 0.500. The van der Waals surface area contributed by atoms with E-state index in [4.69, 9.17) is 0 Å². The first kappa shape index (κ1) is 19.5. The van der Waals surface area contributed by atoms with Crippen molar-refractivity contribution >= 4 is 6.03 Å². The predicted octanol–water partition coefficient (Wildman–Crippen LogP) is 2.58. The van der Waals surface area contributed by atoms with Crippen LogP contribution in [0.3, 0.4) is 0 Å². The standard InChI is InChI=1S/C24H30N4O2/c1-18-6-7-19(12-25-18)13-27-17-24(9-10-24)28(23(27)30)16-22(29)15-26-11-8-20-4-2-3-5-21(20)14-26/h2-7,12,22,29H,8-11,13-17H2,1H3. The summed E-state index contributed by atoms with van der Waals surface area (Å²) >= 11 is 0. The molecule has 2 aliphatic heterocycles. The first-order valence-electron chi connectivity index (χ1n) is 11.0. The zero-order valence-electron chi connectivity index (χ0n) is 17.6. The molecule has 0 radical (unpaired) electrons. The zero-order valence-corrected chi connectivity index (χ0v) is 17.6. The van der Waals surface area contributed by atoms with Gasteiger partial charge in [0.2, 0.25) is 0 Å². The van der Waals surface area contributed by atoms with Gasteiger partial charge in [-0.2, -0.15) is 0 Å². The normalized spacial score (nSPS) is 21.2. The van der Waals surface area contributed by atoms with E-state index < -0.39 is 6.10 Å². The number of nitrogens with zero attached hydrogens (tertiary/aromatic N) is 4. The summed E-state index contributed by atoms with van der Waals surface area (Å²) in [6, 6.07) is 12.6. The number of carbonyl (C=O) groups excluding carboxylic acids is 1. The van der Waals surface area contributed by atoms with Crippen molar-refractivity contribution in [2.45, 2.75) is 50.9 Å². The summed E-state index contributed by atoms with van der Waals surface area (Å²) in [5.41, 5.74) is 4.74. The molecule has 1 spiro atoms. The predicted molar refractivity (Wildman–Crippen MR) is 115 cm³/mol. The Balaban J connectivity index is 1.20. The number of rotatable bonds is 6. The van der Waals surface area contributed by atoms with Gasteiger partial charge in [-0.25, -0.2) is 4.79 Å². The van der Waals surface area contributed by atoms with Crippen LogP contribution >= 0.6 is 0 Å². The van der Waals surface area contributed by atoms with Gasteiger partial charge in [-0.3, -0.25) is 9.88 Å². The zero-order chi connectivity index (χ0) is 20.7. The van der Waals surface area contributed by atoms with Crippen LogP contribution < -0.4 is 0 Å². The molecule has 1 aromatic carbocycles. The molecule has 30 heavy (non-hydrogen) atoms. The van der Waals surface area contributed by atoms with Crippen molar-refractivity contribution in [1.82, 2.24) is 19.7 Å². The molecule has 5 rings (SSSR count). The number of aliphatic hydroxyl groups is 1. The maximum absolute atomic E-state index is 13.1. The van der Waals surface area contributed by atoms with Crippen LogP contribution in [0, 0.1) is 6.92 Å². The number of urea groups is 1. The Bertz CT molecular complexity index is 925. The molecular weight excluding hydrogens is 376 g/mol. The number of aliphatic hydroxyl groups excluding tert-OH is 1. The van der Waals surface area contributed by atoms with E-state index in [1.54, 1.807) is 0 Å². The smallest absolute Gasteiger partial charge is 0.321 e. The molecule has 1 saturated carbocycles. The summed E-state index contributed by atoms with van der Waals surface area (Å²) in [4.78, 5) is 23.6. The summed E-state index contributed by atoms with van der Waals surface area (Å²) in [5.74, 6) is 0. The molecule has 6 heteroatoms. The lowest BCUT2D eigenvalue weighted by Gasteiger charge is -2.32. The highest BCUT2D eigenvalue weighted by Crippen LogP contribution is 2.47. The molecule has 2 fully saturated rings. The Labute approximate surface area is 178 Å². The molecule has 3 aliphatic rings. The van der Waals surface area contributed by atoms with Gasteiger partial charge < -0.3 is 14.9 Å². The van der Waals surface area contributed by atoms with Gasteiger partial charge in [0.05, 0.1) is 18.2 Å². The Morgan fingerprint density at radius 2 is 1.93 bits per heavy atom. The van der Waals surface area contributed by atoms with Gasteiger partial charge >= 0.3 is 6.03 Å². The summed E-state index contributed by atoms with van der Waals surface area (Å²) in [6.07, 6.45) is 4.41. The topological polar surface area (TPSA) is 59.9 Å². The van der Waals surface area contributed by atoms with E-state index in [2.05, 4.69) is 34.1 Å². The van der Waals surface area contributed by atoms with Crippen LogP contribution in [-0.2, 0) is 19.5 Å². The number of hydrogen-bond acceptors (Lipinski definition) is 4. The SMILES string of the molecule is Cc1ccc(CN2CC3(CC3)N(CC(O)CN3CCc4ccccc4C3)C2=O)cn1. The van der Waals surface area contributed by atoms with E-state index in [0.29, 0.717) is 19.6 Å². The van der Waals surface area contributed by atoms with Crippen LogP contribution in [0.25, 0.3) is 0 Å². The minimum atomic E-state index is -0.530. The molecule has 1 atom stereocenters. The molecule has 0 bridgehead atoms. The van der Waals surface area contributed by atoms with Crippen LogP contribution in [0.15, 0.2) is 42.6 Å². The van der Waals surface area contributed by atoms with E-state index in [1.807, 2.05) is 35.1 Å². The number of fused-ring (bicyclic) bond motifs is 1. The van der Waals surface area contributed by atoms with Crippen LogP contribution in [-0.4, -0.2) is 68.6 Å². The van der Waals surface area contributed by atoms with Crippen LogP contribution in [0.5, 0.6) is 0 Å². The first-order valence-corrected chi connectivity index (χ1v) is 11.0. The largest absolute Gasteiger partial charge is 0.390 e. The molecular formula is C24H30N4O2. The van der Waals surface area contributed by atoms with Gasteiger partial charge in [-0.1, -0.05) is 30.3 Å². The minimum Gasteiger partial charge on any atom is -0.390 e. The van der Waals surface area contributed by atoms with Crippen molar-refractivity contribution in [3.63, 3.8) is 0 Å². The van der Waals surface area contributed by atoms with Gasteiger partial charge in [0, 0.05) is 44.6 Å². The molecule has 1 N–H and O–H groups in total. The fourth-order valence-corrected chi connectivity index (χ4v) is 4.94. The summed E-state index contributed by atoms with van der Waals surface area (Å²) in [5, 5.41) is 10.8. The van der Waals surface area contributed by atoms with Crippen molar-refractivity contribution in [3.05, 3.63) is 65.0 Å². The maximum Gasteiger partial charge on any atom is 0.321 e. The van der Waals surface area contributed by atoms with E-state index in [0.717, 1.165) is 50.2 Å². The first-order chi connectivity index (χ1) is 14.5. The van der Waals surface area contributed by atoms with Gasteiger partial charge in [0.15, 0.2) is 0 Å². The monoisotopic (exact) mass is 406 g/mol. The third-order valence-corrected chi connectivity index (χ3v) is 6.80. The number of hydrogen-bond donors (Lipinski definition) is 1. The van der Waals surface area contributed by atoms with E-state index in [9.17, 15) is 9.90 Å². The highest BCUT2D eigenvalue weighted by atomic mass is 16.3. The number of aromatic nitrogens is 1. The molecule has 158 valence electrons. The second kappa shape index (κ2) is 7.67. The lowest BCUT2D eigenvalue weighted by molar-refractivity contribution is 0.0707. The lowest BCUT2D eigenvalue weighted by Crippen LogP contribution is -2.46. The quantitative estimate of drug-likeness (QED) is 0.801. The number of pyridine rings is 1. The summed E-state index contributed by atoms with van der Waals surface area (Å²) in [7, 11) is 0. The highest BCUT2D eigenvalue weighted by Gasteiger charge is 2.57. The number of β-amino-alcohol motifs (C(OH)–C–C–N with tert-alkyl or cyclic N) is 1. The molecule has 6 nitrogen and oxygen atoms in total. The van der Waals surface area contributed by atoms with Crippen molar-refractivity contribution in [2.24, 2.45) is 0 Å².